The maximum Gasteiger partial charge on any atom is 0.138 e. The summed E-state index contributed by atoms with van der Waals surface area (Å²) in [5.41, 5.74) is 3.75. The number of hydrogen-bond acceptors (Lipinski definition) is 4. The summed E-state index contributed by atoms with van der Waals surface area (Å²) >= 11 is 0. The molecule has 1 N–H and O–H groups in total. The summed E-state index contributed by atoms with van der Waals surface area (Å²) in [4.78, 5) is 10.6. The number of likely N-dealkylation sites (tertiary alicyclic amines) is 1. The van der Waals surface area contributed by atoms with Crippen LogP contribution in [0.4, 0.5) is 4.39 Å². The Morgan fingerprint density at radius 1 is 1.17 bits per heavy atom. The van der Waals surface area contributed by atoms with E-state index in [0.717, 1.165) is 61.2 Å². The van der Waals surface area contributed by atoms with Gasteiger partial charge in [0.05, 0.1) is 13.2 Å². The van der Waals surface area contributed by atoms with Crippen molar-refractivity contribution in [3.05, 3.63) is 48.0 Å². The number of benzene rings is 1. The average molecular weight is 410 g/mol. The standard InChI is InChI=1S/C24H28FN3O2/c1-29-23-5-4-17(25)13-20(23)19-6-9-26-24-21(19)14-22(27-24)16-7-10-28(11-8-16)15-18-3-2-12-30-18/h4-6,9,13-14,16,18H,2-3,7-8,10-12,15H2,1H3,(H,26,27). The van der Waals surface area contributed by atoms with E-state index in [1.54, 1.807) is 19.4 Å². The largest absolute Gasteiger partial charge is 0.496 e. The molecule has 2 fully saturated rings. The molecule has 1 aromatic carbocycles. The topological polar surface area (TPSA) is 50.4 Å². The molecule has 5 rings (SSSR count). The smallest absolute Gasteiger partial charge is 0.138 e. The van der Waals surface area contributed by atoms with Crippen molar-refractivity contribution in [3.63, 3.8) is 0 Å². The molecule has 0 saturated carbocycles. The predicted octanol–water partition coefficient (Wildman–Crippen LogP) is 4.74. The summed E-state index contributed by atoms with van der Waals surface area (Å²) in [6.07, 6.45) is 6.83. The van der Waals surface area contributed by atoms with Gasteiger partial charge in [0.2, 0.25) is 0 Å². The van der Waals surface area contributed by atoms with Gasteiger partial charge in [-0.2, -0.15) is 0 Å². The van der Waals surface area contributed by atoms with Crippen LogP contribution in [0.25, 0.3) is 22.2 Å². The third-order valence-electron chi connectivity index (χ3n) is 6.52. The summed E-state index contributed by atoms with van der Waals surface area (Å²) in [6.45, 7) is 4.17. The van der Waals surface area contributed by atoms with E-state index in [0.29, 0.717) is 17.8 Å². The molecule has 4 heterocycles. The molecule has 0 bridgehead atoms. The van der Waals surface area contributed by atoms with Crippen molar-refractivity contribution in [1.29, 1.82) is 0 Å². The summed E-state index contributed by atoms with van der Waals surface area (Å²) < 4.78 is 25.2. The molecule has 5 nitrogen and oxygen atoms in total. The van der Waals surface area contributed by atoms with Gasteiger partial charge in [0.25, 0.3) is 0 Å². The summed E-state index contributed by atoms with van der Waals surface area (Å²) in [7, 11) is 1.61. The van der Waals surface area contributed by atoms with Gasteiger partial charge in [-0.15, -0.1) is 0 Å². The van der Waals surface area contributed by atoms with Crippen LogP contribution < -0.4 is 4.74 Å². The number of pyridine rings is 1. The van der Waals surface area contributed by atoms with E-state index in [1.165, 1.54) is 30.7 Å². The lowest BCUT2D eigenvalue weighted by atomic mass is 9.93. The Balaban J connectivity index is 1.37. The highest BCUT2D eigenvalue weighted by Crippen LogP contribution is 2.37. The number of aromatic amines is 1. The van der Waals surface area contributed by atoms with E-state index in [9.17, 15) is 4.39 Å². The number of piperidine rings is 1. The lowest BCUT2D eigenvalue weighted by Gasteiger charge is -2.32. The van der Waals surface area contributed by atoms with Crippen molar-refractivity contribution in [3.8, 4) is 16.9 Å². The van der Waals surface area contributed by atoms with Crippen LogP contribution >= 0.6 is 0 Å². The van der Waals surface area contributed by atoms with Crippen LogP contribution in [0.2, 0.25) is 0 Å². The van der Waals surface area contributed by atoms with Crippen LogP contribution in [-0.4, -0.2) is 54.3 Å². The van der Waals surface area contributed by atoms with Gasteiger partial charge >= 0.3 is 0 Å². The zero-order valence-electron chi connectivity index (χ0n) is 17.4. The molecule has 30 heavy (non-hydrogen) atoms. The molecular formula is C24H28FN3O2. The Kier molecular flexibility index (Phi) is 5.44. The zero-order valence-corrected chi connectivity index (χ0v) is 17.4. The van der Waals surface area contributed by atoms with Crippen molar-refractivity contribution in [2.45, 2.75) is 37.7 Å². The Morgan fingerprint density at radius 3 is 2.80 bits per heavy atom. The maximum atomic E-state index is 14.0. The first kappa shape index (κ1) is 19.5. The van der Waals surface area contributed by atoms with Crippen LogP contribution in [0.1, 0.15) is 37.3 Å². The van der Waals surface area contributed by atoms with E-state index in [1.807, 2.05) is 6.07 Å². The van der Waals surface area contributed by atoms with Crippen molar-refractivity contribution >= 4 is 11.0 Å². The van der Waals surface area contributed by atoms with Crippen LogP contribution in [0.15, 0.2) is 36.5 Å². The van der Waals surface area contributed by atoms with Gasteiger partial charge in [-0.25, -0.2) is 9.37 Å². The number of nitrogens with one attached hydrogen (secondary N) is 1. The second-order valence-corrected chi connectivity index (χ2v) is 8.40. The lowest BCUT2D eigenvalue weighted by Crippen LogP contribution is -2.38. The minimum absolute atomic E-state index is 0.273. The molecule has 0 spiro atoms. The molecule has 0 radical (unpaired) electrons. The summed E-state index contributed by atoms with van der Waals surface area (Å²) in [5.74, 6) is 0.876. The van der Waals surface area contributed by atoms with Gasteiger partial charge in [-0.3, -0.25) is 0 Å². The fourth-order valence-corrected chi connectivity index (χ4v) is 4.90. The predicted molar refractivity (Wildman–Crippen MR) is 115 cm³/mol. The summed E-state index contributed by atoms with van der Waals surface area (Å²) in [6, 6.07) is 8.76. The second kappa shape index (κ2) is 8.36. The Bertz CT molecular complexity index is 1020. The van der Waals surface area contributed by atoms with E-state index in [4.69, 9.17) is 9.47 Å². The van der Waals surface area contributed by atoms with Gasteiger partial charge in [0.1, 0.15) is 17.2 Å². The molecule has 6 heteroatoms. The molecular weight excluding hydrogens is 381 g/mol. The van der Waals surface area contributed by atoms with Crippen molar-refractivity contribution < 1.29 is 13.9 Å². The van der Waals surface area contributed by atoms with Crippen LogP contribution in [0.3, 0.4) is 0 Å². The van der Waals surface area contributed by atoms with E-state index in [-0.39, 0.29) is 5.82 Å². The summed E-state index contributed by atoms with van der Waals surface area (Å²) in [5, 5.41) is 1.01. The van der Waals surface area contributed by atoms with Crippen molar-refractivity contribution in [1.82, 2.24) is 14.9 Å². The normalized spacial score (nSPS) is 20.8. The maximum absolute atomic E-state index is 14.0. The zero-order chi connectivity index (χ0) is 20.5. The van der Waals surface area contributed by atoms with Crippen LogP contribution in [0.5, 0.6) is 5.75 Å². The first-order chi connectivity index (χ1) is 14.7. The lowest BCUT2D eigenvalue weighted by molar-refractivity contribution is 0.0642. The fraction of sp³-hybridized carbons (Fsp3) is 0.458. The third-order valence-corrected chi connectivity index (χ3v) is 6.52. The molecule has 0 aliphatic carbocycles. The van der Waals surface area contributed by atoms with Crippen LogP contribution in [-0.2, 0) is 4.74 Å². The number of methoxy groups -OCH3 is 1. The van der Waals surface area contributed by atoms with Gasteiger partial charge in [0.15, 0.2) is 0 Å². The molecule has 1 atom stereocenters. The SMILES string of the molecule is COc1ccc(F)cc1-c1ccnc2[nH]c(C3CCN(CC4CCCO4)CC3)cc12. The minimum atomic E-state index is -0.273. The monoisotopic (exact) mass is 409 g/mol. The molecule has 158 valence electrons. The number of fused-ring (bicyclic) bond motifs is 1. The average Bonchev–Trinajstić information content (AvgIpc) is 3.44. The molecule has 1 unspecified atom stereocenters. The van der Waals surface area contributed by atoms with Crippen molar-refractivity contribution in [2.75, 3.05) is 33.4 Å². The van der Waals surface area contributed by atoms with Gasteiger partial charge in [0, 0.05) is 41.9 Å². The van der Waals surface area contributed by atoms with E-state index < -0.39 is 0 Å². The quantitative estimate of drug-likeness (QED) is 0.662. The molecule has 3 aromatic rings. The molecule has 2 aliphatic rings. The highest BCUT2D eigenvalue weighted by atomic mass is 19.1. The third kappa shape index (κ3) is 3.82. The highest BCUT2D eigenvalue weighted by Gasteiger charge is 2.26. The second-order valence-electron chi connectivity index (χ2n) is 8.40. The number of halogens is 1. The Morgan fingerprint density at radius 2 is 2.03 bits per heavy atom. The van der Waals surface area contributed by atoms with Gasteiger partial charge in [-0.1, -0.05) is 0 Å². The first-order valence-electron chi connectivity index (χ1n) is 10.9. The number of aromatic nitrogens is 2. The molecule has 2 aliphatic heterocycles. The first-order valence-corrected chi connectivity index (χ1v) is 10.9. The number of hydrogen-bond donors (Lipinski definition) is 1. The van der Waals surface area contributed by atoms with Crippen LogP contribution in [0, 0.1) is 5.82 Å². The number of rotatable bonds is 5. The number of ether oxygens (including phenoxy) is 2. The molecule has 2 saturated heterocycles. The Labute approximate surface area is 176 Å². The van der Waals surface area contributed by atoms with Gasteiger partial charge in [-0.05, 0) is 74.7 Å². The number of H-pyrrole nitrogens is 1. The van der Waals surface area contributed by atoms with E-state index >= 15 is 0 Å². The van der Waals surface area contributed by atoms with Crippen molar-refractivity contribution in [2.24, 2.45) is 0 Å². The molecule has 2 aromatic heterocycles. The Hall–Kier alpha value is -2.44. The van der Waals surface area contributed by atoms with E-state index in [2.05, 4.69) is 20.9 Å². The molecule has 0 amide bonds. The van der Waals surface area contributed by atoms with Gasteiger partial charge < -0.3 is 19.4 Å². The minimum Gasteiger partial charge on any atom is -0.496 e. The fourth-order valence-electron chi connectivity index (χ4n) is 4.90. The number of nitrogens with zero attached hydrogens (tertiary/aromatic N) is 2. The highest BCUT2D eigenvalue weighted by molar-refractivity contribution is 5.95.